The minimum absolute atomic E-state index is 0.276. The number of hydrogen-bond donors (Lipinski definition) is 1. The smallest absolute Gasteiger partial charge is 0.321 e. The minimum atomic E-state index is -1.86. The third-order valence-corrected chi connectivity index (χ3v) is 5.43. The Morgan fingerprint density at radius 2 is 1.87 bits per heavy atom. The van der Waals surface area contributed by atoms with Crippen LogP contribution in [0.25, 0.3) is 0 Å². The van der Waals surface area contributed by atoms with Crippen LogP contribution in [0.2, 0.25) is 0 Å². The summed E-state index contributed by atoms with van der Waals surface area (Å²) in [5.41, 5.74) is -1.97. The summed E-state index contributed by atoms with van der Waals surface area (Å²) in [5.74, 6) is -8.52. The van der Waals surface area contributed by atoms with Crippen LogP contribution in [0.4, 0.5) is 20.2 Å². The van der Waals surface area contributed by atoms with Crippen molar-refractivity contribution < 1.29 is 33.1 Å². The summed E-state index contributed by atoms with van der Waals surface area (Å²) >= 11 is 0. The summed E-state index contributed by atoms with van der Waals surface area (Å²) in [5, 5.41) is 21.4. The number of methoxy groups -OCH3 is 1. The molecule has 1 N–H and O–H groups in total. The van der Waals surface area contributed by atoms with Gasteiger partial charge in [0.15, 0.2) is 11.5 Å². The van der Waals surface area contributed by atoms with Crippen molar-refractivity contribution in [1.29, 1.82) is 0 Å². The van der Waals surface area contributed by atoms with Crippen molar-refractivity contribution in [2.75, 3.05) is 12.0 Å². The number of hydrogen-bond acceptors (Lipinski definition) is 6. The number of carboxylic acid groups (broad SMARTS) is 1. The number of ether oxygens (including phenoxy) is 1. The van der Waals surface area contributed by atoms with Crippen molar-refractivity contribution in [3.05, 3.63) is 63.2 Å². The van der Waals surface area contributed by atoms with E-state index in [0.717, 1.165) is 7.11 Å². The number of aliphatic carboxylic acids is 1. The first kappa shape index (κ1) is 19.7. The molecule has 0 radical (unpaired) electrons. The van der Waals surface area contributed by atoms with Crippen LogP contribution in [0, 0.1) is 27.7 Å². The lowest BCUT2D eigenvalue weighted by atomic mass is 9.79. The maximum atomic E-state index is 14.7. The Morgan fingerprint density at radius 1 is 1.23 bits per heavy atom. The molecule has 2 aromatic carbocycles. The van der Waals surface area contributed by atoms with Crippen LogP contribution in [-0.2, 0) is 4.79 Å². The van der Waals surface area contributed by atoms with Gasteiger partial charge in [0.1, 0.15) is 17.2 Å². The molecule has 0 bridgehead atoms. The number of carbonyl (C=O) groups excluding carboxylic acids is 1. The molecule has 2 aliphatic rings. The van der Waals surface area contributed by atoms with Crippen LogP contribution in [0.1, 0.15) is 34.8 Å². The van der Waals surface area contributed by atoms with E-state index in [0.29, 0.717) is 18.4 Å². The Kier molecular flexibility index (Phi) is 4.64. The monoisotopic (exact) mass is 418 g/mol. The SMILES string of the molecule is COc1c(F)c(F)c([N+](=O)[O-])c2c1N(C1CC1)C(c1ccccc1)C(C(=O)O)C2=O. The van der Waals surface area contributed by atoms with Gasteiger partial charge in [-0.2, -0.15) is 8.78 Å². The summed E-state index contributed by atoms with van der Waals surface area (Å²) in [6.45, 7) is 0. The predicted molar refractivity (Wildman–Crippen MR) is 99.7 cm³/mol. The highest BCUT2D eigenvalue weighted by molar-refractivity contribution is 6.17. The van der Waals surface area contributed by atoms with Gasteiger partial charge in [0, 0.05) is 6.04 Å². The van der Waals surface area contributed by atoms with Gasteiger partial charge in [-0.3, -0.25) is 19.7 Å². The number of benzene rings is 2. The molecule has 0 amide bonds. The number of nitro groups is 1. The van der Waals surface area contributed by atoms with E-state index >= 15 is 0 Å². The third-order valence-electron chi connectivity index (χ3n) is 5.43. The molecular formula is C20H16F2N2O6. The number of carbonyl (C=O) groups is 2. The van der Waals surface area contributed by atoms with Crippen LogP contribution < -0.4 is 9.64 Å². The fourth-order valence-corrected chi connectivity index (χ4v) is 4.09. The maximum Gasteiger partial charge on any atom is 0.321 e. The molecule has 0 aromatic heterocycles. The van der Waals surface area contributed by atoms with E-state index in [1.807, 2.05) is 0 Å². The fraction of sp³-hybridized carbons (Fsp3) is 0.300. The Labute approximate surface area is 168 Å². The van der Waals surface area contributed by atoms with Gasteiger partial charge in [0.05, 0.1) is 18.1 Å². The number of nitro benzene ring substituents is 1. The van der Waals surface area contributed by atoms with Crippen molar-refractivity contribution in [3.8, 4) is 5.75 Å². The molecule has 4 rings (SSSR count). The van der Waals surface area contributed by atoms with Gasteiger partial charge >= 0.3 is 11.7 Å². The minimum Gasteiger partial charge on any atom is -0.491 e. The Balaban J connectivity index is 2.12. The second-order valence-electron chi connectivity index (χ2n) is 7.16. The van der Waals surface area contributed by atoms with Crippen LogP contribution in [0.15, 0.2) is 30.3 Å². The van der Waals surface area contributed by atoms with Gasteiger partial charge in [0.2, 0.25) is 11.6 Å². The summed E-state index contributed by atoms with van der Waals surface area (Å²) in [6, 6.07) is 6.90. The molecule has 1 heterocycles. The summed E-state index contributed by atoms with van der Waals surface area (Å²) < 4.78 is 34.3. The number of halogens is 2. The highest BCUT2D eigenvalue weighted by Crippen LogP contribution is 2.54. The van der Waals surface area contributed by atoms with Gasteiger partial charge in [0.25, 0.3) is 0 Å². The normalized spacial score (nSPS) is 20.6. The number of carboxylic acids is 1. The van der Waals surface area contributed by atoms with Crippen LogP contribution >= 0.6 is 0 Å². The molecule has 10 heteroatoms. The standard InChI is InChI=1S/C20H16F2N2O6/c1-30-19-14(22)13(21)16(24(28)29)11-17(19)23(10-7-8-10)15(9-5-3-2-4-6-9)12(18(11)25)20(26)27/h2-6,10,12,15H,7-8H2,1H3,(H,26,27). The largest absolute Gasteiger partial charge is 0.491 e. The zero-order chi connectivity index (χ0) is 21.7. The molecule has 0 spiro atoms. The number of anilines is 1. The van der Waals surface area contributed by atoms with Crippen molar-refractivity contribution in [3.63, 3.8) is 0 Å². The van der Waals surface area contributed by atoms with Gasteiger partial charge in [-0.05, 0) is 18.4 Å². The van der Waals surface area contributed by atoms with E-state index in [4.69, 9.17) is 4.74 Å². The summed E-state index contributed by atoms with van der Waals surface area (Å²) in [7, 11) is 1.06. The summed E-state index contributed by atoms with van der Waals surface area (Å²) in [6.07, 6.45) is 1.19. The lowest BCUT2D eigenvalue weighted by Crippen LogP contribution is -2.47. The second-order valence-corrected chi connectivity index (χ2v) is 7.16. The highest BCUT2D eigenvalue weighted by atomic mass is 19.2. The Morgan fingerprint density at radius 3 is 2.37 bits per heavy atom. The lowest BCUT2D eigenvalue weighted by Gasteiger charge is -2.42. The first-order valence-corrected chi connectivity index (χ1v) is 9.13. The predicted octanol–water partition coefficient (Wildman–Crippen LogP) is 3.49. The van der Waals surface area contributed by atoms with Gasteiger partial charge in [-0.15, -0.1) is 0 Å². The topological polar surface area (TPSA) is 110 Å². The first-order valence-electron chi connectivity index (χ1n) is 9.13. The highest BCUT2D eigenvalue weighted by Gasteiger charge is 2.54. The number of rotatable bonds is 5. The zero-order valence-electron chi connectivity index (χ0n) is 15.7. The van der Waals surface area contributed by atoms with Crippen LogP contribution in [-0.4, -0.2) is 34.9 Å². The Bertz CT molecular complexity index is 1070. The summed E-state index contributed by atoms with van der Waals surface area (Å²) in [4.78, 5) is 37.2. The first-order chi connectivity index (χ1) is 14.3. The molecule has 156 valence electrons. The number of Topliss-reactive ketones (excluding diaryl/α,β-unsaturated/α-hetero) is 1. The molecular weight excluding hydrogens is 402 g/mol. The van der Waals surface area contributed by atoms with Crippen molar-refractivity contribution >= 4 is 23.1 Å². The molecule has 2 aromatic rings. The number of ketones is 1. The van der Waals surface area contributed by atoms with E-state index in [-0.39, 0.29) is 11.7 Å². The molecule has 1 fully saturated rings. The average molecular weight is 418 g/mol. The van der Waals surface area contributed by atoms with Gasteiger partial charge in [-0.1, -0.05) is 30.3 Å². The third kappa shape index (κ3) is 2.78. The van der Waals surface area contributed by atoms with Gasteiger partial charge in [-0.25, -0.2) is 0 Å². The molecule has 8 nitrogen and oxygen atoms in total. The number of fused-ring (bicyclic) bond motifs is 1. The molecule has 2 atom stereocenters. The molecule has 1 aliphatic heterocycles. The fourth-order valence-electron chi connectivity index (χ4n) is 4.09. The molecule has 1 aliphatic carbocycles. The maximum absolute atomic E-state index is 14.7. The average Bonchev–Trinajstić information content (AvgIpc) is 3.54. The Hall–Kier alpha value is -3.56. The van der Waals surface area contributed by atoms with E-state index < -0.39 is 57.3 Å². The molecule has 1 saturated carbocycles. The quantitative estimate of drug-likeness (QED) is 0.450. The second kappa shape index (κ2) is 7.05. The molecule has 30 heavy (non-hydrogen) atoms. The van der Waals surface area contributed by atoms with Crippen molar-refractivity contribution in [2.45, 2.75) is 24.9 Å². The van der Waals surface area contributed by atoms with Crippen LogP contribution in [0.5, 0.6) is 5.75 Å². The van der Waals surface area contributed by atoms with E-state index in [1.54, 1.807) is 30.3 Å². The molecule has 0 saturated heterocycles. The zero-order valence-corrected chi connectivity index (χ0v) is 15.7. The van der Waals surface area contributed by atoms with E-state index in [2.05, 4.69) is 0 Å². The lowest BCUT2D eigenvalue weighted by molar-refractivity contribution is -0.388. The van der Waals surface area contributed by atoms with E-state index in [9.17, 15) is 33.6 Å². The van der Waals surface area contributed by atoms with Gasteiger partial charge < -0.3 is 14.7 Å². The van der Waals surface area contributed by atoms with Crippen LogP contribution in [0.3, 0.4) is 0 Å². The van der Waals surface area contributed by atoms with Crippen molar-refractivity contribution in [2.24, 2.45) is 5.92 Å². The molecule has 2 unspecified atom stereocenters. The number of nitrogens with zero attached hydrogens (tertiary/aromatic N) is 2. The van der Waals surface area contributed by atoms with E-state index in [1.165, 1.54) is 4.90 Å². The van der Waals surface area contributed by atoms with Crippen molar-refractivity contribution in [1.82, 2.24) is 0 Å².